The Morgan fingerprint density at radius 1 is 0.275 bits per heavy atom. The molecule has 0 fully saturated rings. The summed E-state index contributed by atoms with van der Waals surface area (Å²) in [5.41, 5.74) is 0. The number of ether oxygens (including phenoxy) is 3. The Kier molecular flexibility index (Phi) is 65.7. The number of hydrogen-bond acceptors (Lipinski definition) is 6. The van der Waals surface area contributed by atoms with E-state index in [9.17, 15) is 14.4 Å². The molecule has 0 aromatic heterocycles. The van der Waals surface area contributed by atoms with Gasteiger partial charge in [0.25, 0.3) is 0 Å². The zero-order valence-corrected chi connectivity index (χ0v) is 53.3. The van der Waals surface area contributed by atoms with Crippen LogP contribution >= 0.6 is 0 Å². The highest BCUT2D eigenvalue weighted by Gasteiger charge is 2.19. The molecule has 0 bridgehead atoms. The summed E-state index contributed by atoms with van der Waals surface area (Å²) in [6.07, 6.45) is 89.6. The van der Waals surface area contributed by atoms with Gasteiger partial charge < -0.3 is 14.2 Å². The molecule has 0 N–H and O–H groups in total. The van der Waals surface area contributed by atoms with Crippen molar-refractivity contribution in [3.63, 3.8) is 0 Å². The summed E-state index contributed by atoms with van der Waals surface area (Å²) in [6.45, 7) is 6.50. The van der Waals surface area contributed by atoms with Gasteiger partial charge in [-0.15, -0.1) is 0 Å². The van der Waals surface area contributed by atoms with Crippen LogP contribution in [0.25, 0.3) is 0 Å². The fourth-order valence-electron chi connectivity index (χ4n) is 10.3. The first kappa shape index (κ1) is 76.9. The number of esters is 3. The lowest BCUT2D eigenvalue weighted by Crippen LogP contribution is -2.30. The predicted molar refractivity (Wildman–Crippen MR) is 348 cm³/mol. The molecule has 0 saturated heterocycles. The second-order valence-corrected chi connectivity index (χ2v) is 23.4. The highest BCUT2D eigenvalue weighted by molar-refractivity contribution is 5.72. The third-order valence-corrected chi connectivity index (χ3v) is 15.5. The molecule has 0 heterocycles. The van der Waals surface area contributed by atoms with Crippen LogP contribution in [0.1, 0.15) is 361 Å². The Morgan fingerprint density at radius 2 is 0.537 bits per heavy atom. The minimum Gasteiger partial charge on any atom is -0.462 e. The molecule has 0 aliphatic rings. The SMILES string of the molecule is CC/C=C\C/C=C\C/C=C\C/C=C\C/C=C\CC(=O)OCC(COC(=O)CCCCCCCCCCCCCCCCCCCCCCCCCC)OC(=O)CCCCCCCCCCCCC/C=C\CCCCCCCCCC. The van der Waals surface area contributed by atoms with Crippen molar-refractivity contribution >= 4 is 17.9 Å². The van der Waals surface area contributed by atoms with Crippen LogP contribution in [0.3, 0.4) is 0 Å². The lowest BCUT2D eigenvalue weighted by atomic mass is 10.0. The minimum absolute atomic E-state index is 0.102. The molecule has 0 saturated carbocycles. The molecule has 0 radical (unpaired) electrons. The van der Waals surface area contributed by atoms with Gasteiger partial charge in [0, 0.05) is 12.8 Å². The molecule has 0 spiro atoms. The van der Waals surface area contributed by atoms with Gasteiger partial charge in [-0.2, -0.15) is 0 Å². The van der Waals surface area contributed by atoms with Crippen molar-refractivity contribution in [3.8, 4) is 0 Å². The Bertz CT molecular complexity index is 1470. The van der Waals surface area contributed by atoms with Crippen molar-refractivity contribution < 1.29 is 28.6 Å². The first-order valence-corrected chi connectivity index (χ1v) is 34.9. The van der Waals surface area contributed by atoms with Gasteiger partial charge in [-0.3, -0.25) is 14.4 Å². The van der Waals surface area contributed by atoms with Gasteiger partial charge >= 0.3 is 17.9 Å². The molecule has 0 aliphatic heterocycles. The lowest BCUT2D eigenvalue weighted by Gasteiger charge is -2.18. The van der Waals surface area contributed by atoms with Gasteiger partial charge in [0.1, 0.15) is 13.2 Å². The number of unbranched alkanes of at least 4 members (excludes halogenated alkanes) is 42. The highest BCUT2D eigenvalue weighted by Crippen LogP contribution is 2.18. The Hall–Kier alpha value is -3.15. The van der Waals surface area contributed by atoms with Crippen LogP contribution < -0.4 is 0 Å². The van der Waals surface area contributed by atoms with E-state index < -0.39 is 12.1 Å². The Labute approximate surface area is 497 Å². The fourth-order valence-corrected chi connectivity index (χ4v) is 10.3. The molecule has 6 heteroatoms. The van der Waals surface area contributed by atoms with Gasteiger partial charge in [0.15, 0.2) is 6.10 Å². The van der Waals surface area contributed by atoms with E-state index >= 15 is 0 Å². The molecule has 6 nitrogen and oxygen atoms in total. The topological polar surface area (TPSA) is 78.9 Å². The zero-order valence-electron chi connectivity index (χ0n) is 53.3. The van der Waals surface area contributed by atoms with Gasteiger partial charge in [-0.25, -0.2) is 0 Å². The molecule has 1 atom stereocenters. The van der Waals surface area contributed by atoms with Crippen LogP contribution in [0.2, 0.25) is 0 Å². The summed E-state index contributed by atoms with van der Waals surface area (Å²) in [5, 5.41) is 0. The van der Waals surface area contributed by atoms with E-state index in [1.807, 2.05) is 12.2 Å². The average molecular weight is 1120 g/mol. The van der Waals surface area contributed by atoms with Crippen molar-refractivity contribution in [1.82, 2.24) is 0 Å². The van der Waals surface area contributed by atoms with Crippen molar-refractivity contribution in [1.29, 1.82) is 0 Å². The molecular weight excluding hydrogens is 985 g/mol. The second kappa shape index (κ2) is 68.3. The smallest absolute Gasteiger partial charge is 0.309 e. The van der Waals surface area contributed by atoms with E-state index in [4.69, 9.17) is 14.2 Å². The molecule has 0 amide bonds. The van der Waals surface area contributed by atoms with E-state index in [1.54, 1.807) is 0 Å². The van der Waals surface area contributed by atoms with Gasteiger partial charge in [-0.1, -0.05) is 344 Å². The molecule has 0 aliphatic carbocycles. The van der Waals surface area contributed by atoms with Crippen LogP contribution in [0, 0.1) is 0 Å². The summed E-state index contributed by atoms with van der Waals surface area (Å²) >= 11 is 0. The maximum atomic E-state index is 12.9. The Morgan fingerprint density at radius 3 is 0.863 bits per heavy atom. The highest BCUT2D eigenvalue weighted by atomic mass is 16.6. The molecule has 80 heavy (non-hydrogen) atoms. The molecule has 0 aromatic carbocycles. The van der Waals surface area contributed by atoms with Crippen LogP contribution in [-0.2, 0) is 28.6 Å². The maximum absolute atomic E-state index is 12.9. The average Bonchev–Trinajstić information content (AvgIpc) is 3.46. The predicted octanol–water partition coefficient (Wildman–Crippen LogP) is 24.1. The molecular formula is C74H132O6. The quantitative estimate of drug-likeness (QED) is 0.0261. The van der Waals surface area contributed by atoms with Gasteiger partial charge in [-0.05, 0) is 70.6 Å². The van der Waals surface area contributed by atoms with E-state index in [0.29, 0.717) is 12.8 Å². The third-order valence-electron chi connectivity index (χ3n) is 15.5. The number of hydrogen-bond donors (Lipinski definition) is 0. The van der Waals surface area contributed by atoms with Crippen molar-refractivity contribution in [2.75, 3.05) is 13.2 Å². The summed E-state index contributed by atoms with van der Waals surface area (Å²) in [5.74, 6) is -1.02. The monoisotopic (exact) mass is 1120 g/mol. The number of carbonyl (C=O) groups is 3. The normalized spacial score (nSPS) is 12.5. The second-order valence-electron chi connectivity index (χ2n) is 23.4. The largest absolute Gasteiger partial charge is 0.462 e. The van der Waals surface area contributed by atoms with Crippen molar-refractivity contribution in [2.24, 2.45) is 0 Å². The van der Waals surface area contributed by atoms with Crippen molar-refractivity contribution in [2.45, 2.75) is 367 Å². The van der Waals surface area contributed by atoms with Crippen LogP contribution in [0.4, 0.5) is 0 Å². The number of carbonyl (C=O) groups excluding carboxylic acids is 3. The van der Waals surface area contributed by atoms with Crippen LogP contribution in [-0.4, -0.2) is 37.2 Å². The number of allylic oxidation sites excluding steroid dienone is 11. The number of rotatable bonds is 64. The molecule has 1 unspecified atom stereocenters. The first-order valence-electron chi connectivity index (χ1n) is 34.9. The summed E-state index contributed by atoms with van der Waals surface area (Å²) < 4.78 is 16.9. The van der Waals surface area contributed by atoms with Gasteiger partial charge in [0.05, 0.1) is 6.42 Å². The van der Waals surface area contributed by atoms with Crippen LogP contribution in [0.15, 0.2) is 72.9 Å². The third kappa shape index (κ3) is 65.7. The van der Waals surface area contributed by atoms with E-state index in [0.717, 1.165) is 70.6 Å². The minimum atomic E-state index is -0.816. The van der Waals surface area contributed by atoms with E-state index in [-0.39, 0.29) is 31.6 Å². The maximum Gasteiger partial charge on any atom is 0.309 e. The fraction of sp³-hybridized carbons (Fsp3) is 0.797. The first-order chi connectivity index (χ1) is 39.5. The summed E-state index contributed by atoms with van der Waals surface area (Å²) in [7, 11) is 0. The standard InChI is InChI=1S/C74H132O6/c1-4-7-10-13-16-19-22-25-28-30-32-34-36-38-39-41-43-46-49-52-55-58-61-64-67-73(76)79-70-71(69-78-72(75)66-63-60-57-54-51-48-45-27-24-21-18-15-12-9-6-3)80-74(77)68-65-62-59-56-53-50-47-44-42-40-37-35-33-31-29-26-23-20-17-14-11-8-5-2/h9,12,18,21,27,31,33,45,51,54,60,63,71H,4-8,10-11,13-17,19-20,22-26,28-30,32,34-44,46-50,52-53,55-59,61-62,64-70H2,1-3H3/b12-9-,21-18-,33-31-,45-27-,54-51-,63-60-. The summed E-state index contributed by atoms with van der Waals surface area (Å²) in [6, 6.07) is 0. The summed E-state index contributed by atoms with van der Waals surface area (Å²) in [4.78, 5) is 38.4. The molecule has 0 aromatic rings. The molecule has 464 valence electrons. The van der Waals surface area contributed by atoms with E-state index in [2.05, 4.69) is 81.5 Å². The lowest BCUT2D eigenvalue weighted by molar-refractivity contribution is -0.166. The van der Waals surface area contributed by atoms with Gasteiger partial charge in [0.2, 0.25) is 0 Å². The van der Waals surface area contributed by atoms with Crippen LogP contribution in [0.5, 0.6) is 0 Å². The molecule has 0 rings (SSSR count). The van der Waals surface area contributed by atoms with E-state index in [1.165, 1.54) is 250 Å². The van der Waals surface area contributed by atoms with Crippen molar-refractivity contribution in [3.05, 3.63) is 72.9 Å². The Balaban J connectivity index is 4.34. The zero-order chi connectivity index (χ0) is 57.8.